The van der Waals surface area contributed by atoms with Crippen LogP contribution < -0.4 is 5.32 Å². The van der Waals surface area contributed by atoms with Gasteiger partial charge in [0, 0.05) is 19.0 Å². The molecule has 0 radical (unpaired) electrons. The zero-order chi connectivity index (χ0) is 15.9. The normalized spacial score (nSPS) is 13.5. The lowest BCUT2D eigenvalue weighted by Gasteiger charge is -2.20. The highest BCUT2D eigenvalue weighted by atomic mass is 16.3. The van der Waals surface area contributed by atoms with Gasteiger partial charge in [-0.15, -0.1) is 0 Å². The van der Waals surface area contributed by atoms with Crippen molar-refractivity contribution in [2.75, 3.05) is 6.54 Å². The summed E-state index contributed by atoms with van der Waals surface area (Å²) in [6.45, 7) is 2.32. The zero-order valence-electron chi connectivity index (χ0n) is 12.6. The van der Waals surface area contributed by atoms with Gasteiger partial charge in [0.2, 0.25) is 0 Å². The molecule has 2 rings (SSSR count). The van der Waals surface area contributed by atoms with Crippen LogP contribution in [0.4, 0.5) is 0 Å². The number of aromatic hydroxyl groups is 1. The average molecular weight is 299 g/mol. The monoisotopic (exact) mass is 299 g/mol. The number of ketones is 1. The maximum atomic E-state index is 12.0. The van der Waals surface area contributed by atoms with E-state index in [1.54, 1.807) is 18.2 Å². The average Bonchev–Trinajstić information content (AvgIpc) is 2.55. The summed E-state index contributed by atoms with van der Waals surface area (Å²) in [6.07, 6.45) is -0.356. The number of aliphatic hydroxyl groups is 1. The number of carbonyl (C=O) groups is 1. The van der Waals surface area contributed by atoms with Crippen LogP contribution in [0.25, 0.3) is 0 Å². The minimum Gasteiger partial charge on any atom is -0.507 e. The Labute approximate surface area is 130 Å². The smallest absolute Gasteiger partial charge is 0.167 e. The fraction of sp³-hybridized carbons (Fsp3) is 0.278. The summed E-state index contributed by atoms with van der Waals surface area (Å²) >= 11 is 0. The minimum atomic E-state index is -0.624. The second-order valence-electron chi connectivity index (χ2n) is 5.29. The van der Waals surface area contributed by atoms with E-state index >= 15 is 0 Å². The van der Waals surface area contributed by atoms with Crippen LogP contribution >= 0.6 is 0 Å². The van der Waals surface area contributed by atoms with Crippen LogP contribution in [0.5, 0.6) is 5.75 Å². The van der Waals surface area contributed by atoms with Gasteiger partial charge in [-0.05, 0) is 24.6 Å². The molecule has 0 fully saturated rings. The predicted molar refractivity (Wildman–Crippen MR) is 85.9 cm³/mol. The maximum Gasteiger partial charge on any atom is 0.167 e. The van der Waals surface area contributed by atoms with Crippen molar-refractivity contribution in [3.63, 3.8) is 0 Å². The molecule has 0 spiro atoms. The molecule has 2 unspecified atom stereocenters. The fourth-order valence-corrected chi connectivity index (χ4v) is 2.31. The van der Waals surface area contributed by atoms with Crippen molar-refractivity contribution in [1.29, 1.82) is 0 Å². The van der Waals surface area contributed by atoms with Crippen molar-refractivity contribution in [3.05, 3.63) is 65.7 Å². The molecule has 0 amide bonds. The van der Waals surface area contributed by atoms with E-state index in [0.717, 1.165) is 5.56 Å². The third-order valence-corrected chi connectivity index (χ3v) is 3.64. The first-order chi connectivity index (χ1) is 10.6. The van der Waals surface area contributed by atoms with Gasteiger partial charge in [-0.1, -0.05) is 42.5 Å². The quantitative estimate of drug-likeness (QED) is 0.688. The topological polar surface area (TPSA) is 69.6 Å². The van der Waals surface area contributed by atoms with Gasteiger partial charge in [-0.2, -0.15) is 0 Å². The van der Waals surface area contributed by atoms with E-state index < -0.39 is 6.10 Å². The maximum absolute atomic E-state index is 12.0. The third kappa shape index (κ3) is 4.16. The van der Waals surface area contributed by atoms with Gasteiger partial charge in [0.25, 0.3) is 0 Å². The van der Waals surface area contributed by atoms with Crippen LogP contribution in [0, 0.1) is 0 Å². The van der Waals surface area contributed by atoms with E-state index in [1.165, 1.54) is 6.07 Å². The molecule has 0 bridgehead atoms. The number of Topliss-reactive ketones (excluding diaryl/α,β-unsaturated/α-hetero) is 1. The predicted octanol–water partition coefficient (Wildman–Crippen LogP) is 2.68. The van der Waals surface area contributed by atoms with Crippen LogP contribution in [-0.2, 0) is 0 Å². The van der Waals surface area contributed by atoms with Gasteiger partial charge in [0.15, 0.2) is 5.78 Å². The molecule has 0 saturated heterocycles. The Bertz CT molecular complexity index is 613. The highest BCUT2D eigenvalue weighted by Gasteiger charge is 2.16. The molecule has 2 atom stereocenters. The number of phenolic OH excluding ortho intramolecular Hbond substituents is 1. The van der Waals surface area contributed by atoms with Gasteiger partial charge < -0.3 is 15.5 Å². The lowest BCUT2D eigenvalue weighted by atomic mass is 10.0. The van der Waals surface area contributed by atoms with E-state index in [0.29, 0.717) is 12.1 Å². The van der Waals surface area contributed by atoms with Crippen molar-refractivity contribution < 1.29 is 15.0 Å². The zero-order valence-corrected chi connectivity index (χ0v) is 12.6. The molecular weight excluding hydrogens is 278 g/mol. The fourth-order valence-electron chi connectivity index (χ4n) is 2.31. The molecule has 0 aliphatic carbocycles. The first-order valence-corrected chi connectivity index (χ1v) is 7.37. The summed E-state index contributed by atoms with van der Waals surface area (Å²) in [5.74, 6) is -0.114. The van der Waals surface area contributed by atoms with Crippen LogP contribution in [0.15, 0.2) is 54.6 Å². The number of nitrogens with one attached hydrogen (secondary N) is 1. The second-order valence-corrected chi connectivity index (χ2v) is 5.29. The summed E-state index contributed by atoms with van der Waals surface area (Å²) in [7, 11) is 0. The standard InChI is InChI=1S/C18H21NO3/c1-13(18(22)14-7-3-2-4-8-14)19-12-11-17(21)15-9-5-6-10-16(15)20/h2-10,13,18-20,22H,11-12H2,1H3. The Balaban J connectivity index is 1.83. The van der Waals surface area contributed by atoms with Crippen molar-refractivity contribution in [3.8, 4) is 5.75 Å². The Kier molecular flexibility index (Phi) is 5.69. The summed E-state index contributed by atoms with van der Waals surface area (Å²) in [5, 5.41) is 23.0. The molecule has 0 aliphatic rings. The molecule has 116 valence electrons. The van der Waals surface area contributed by atoms with Crippen LogP contribution in [-0.4, -0.2) is 28.6 Å². The molecule has 2 aromatic carbocycles. The van der Waals surface area contributed by atoms with Crippen LogP contribution in [0.1, 0.15) is 35.4 Å². The van der Waals surface area contributed by atoms with Crippen molar-refractivity contribution in [1.82, 2.24) is 5.32 Å². The van der Waals surface area contributed by atoms with Crippen LogP contribution in [0.3, 0.4) is 0 Å². The molecule has 2 aromatic rings. The largest absolute Gasteiger partial charge is 0.507 e. The Morgan fingerprint density at radius 1 is 1.09 bits per heavy atom. The Morgan fingerprint density at radius 3 is 2.41 bits per heavy atom. The first kappa shape index (κ1) is 16.2. The molecule has 0 aliphatic heterocycles. The van der Waals surface area contributed by atoms with E-state index in [1.807, 2.05) is 37.3 Å². The van der Waals surface area contributed by atoms with Crippen molar-refractivity contribution in [2.45, 2.75) is 25.5 Å². The molecule has 22 heavy (non-hydrogen) atoms. The summed E-state index contributed by atoms with van der Waals surface area (Å²) < 4.78 is 0. The molecule has 0 saturated carbocycles. The number of phenols is 1. The minimum absolute atomic E-state index is 0.00451. The van der Waals surface area contributed by atoms with Crippen LogP contribution in [0.2, 0.25) is 0 Å². The van der Waals surface area contributed by atoms with E-state index in [4.69, 9.17) is 0 Å². The lowest BCUT2D eigenvalue weighted by molar-refractivity contribution is 0.0969. The number of carbonyl (C=O) groups excluding carboxylic acids is 1. The molecule has 3 N–H and O–H groups in total. The lowest BCUT2D eigenvalue weighted by Crippen LogP contribution is -2.33. The molecule has 4 nitrogen and oxygen atoms in total. The van der Waals surface area contributed by atoms with Crippen molar-refractivity contribution in [2.24, 2.45) is 0 Å². The van der Waals surface area contributed by atoms with E-state index in [-0.39, 0.29) is 24.0 Å². The third-order valence-electron chi connectivity index (χ3n) is 3.64. The molecular formula is C18H21NO3. The van der Waals surface area contributed by atoms with Gasteiger partial charge in [0.05, 0.1) is 11.7 Å². The number of rotatable bonds is 7. The number of hydrogen-bond donors (Lipinski definition) is 3. The van der Waals surface area contributed by atoms with Gasteiger partial charge >= 0.3 is 0 Å². The first-order valence-electron chi connectivity index (χ1n) is 7.37. The number of aliphatic hydroxyl groups excluding tert-OH is 1. The second kappa shape index (κ2) is 7.73. The Morgan fingerprint density at radius 2 is 1.73 bits per heavy atom. The van der Waals surface area contributed by atoms with Crippen molar-refractivity contribution >= 4 is 5.78 Å². The number of hydrogen-bond acceptors (Lipinski definition) is 4. The highest BCUT2D eigenvalue weighted by Crippen LogP contribution is 2.18. The number of para-hydroxylation sites is 1. The molecule has 4 heteroatoms. The Hall–Kier alpha value is -2.17. The van der Waals surface area contributed by atoms with Gasteiger partial charge in [-0.3, -0.25) is 4.79 Å². The van der Waals surface area contributed by atoms with Gasteiger partial charge in [-0.25, -0.2) is 0 Å². The van der Waals surface area contributed by atoms with E-state index in [2.05, 4.69) is 5.32 Å². The highest BCUT2D eigenvalue weighted by molar-refractivity contribution is 5.98. The summed E-state index contributed by atoms with van der Waals surface area (Å²) in [5.41, 5.74) is 1.18. The van der Waals surface area contributed by atoms with Gasteiger partial charge in [0.1, 0.15) is 5.75 Å². The summed E-state index contributed by atoms with van der Waals surface area (Å²) in [6, 6.07) is 15.8. The number of benzene rings is 2. The molecule has 0 heterocycles. The summed E-state index contributed by atoms with van der Waals surface area (Å²) in [4.78, 5) is 12.0. The van der Waals surface area contributed by atoms with E-state index in [9.17, 15) is 15.0 Å². The SMILES string of the molecule is CC(NCCC(=O)c1ccccc1O)C(O)c1ccccc1. The molecule has 0 aromatic heterocycles.